The SMILES string of the molecule is CCNC(=NCC1Cc2ccccc2O1)NCCc1ccc(Cl)nc1.I. The molecule has 5 nitrogen and oxygen atoms in total. The third-order valence-electron chi connectivity index (χ3n) is 4.01. The number of aliphatic imine (C=N–C) groups is 1. The third-order valence-corrected chi connectivity index (χ3v) is 4.23. The summed E-state index contributed by atoms with van der Waals surface area (Å²) in [5.74, 6) is 1.79. The molecule has 7 heteroatoms. The van der Waals surface area contributed by atoms with Crippen LogP contribution in [0.25, 0.3) is 0 Å². The monoisotopic (exact) mass is 486 g/mol. The number of hydrogen-bond acceptors (Lipinski definition) is 3. The van der Waals surface area contributed by atoms with Crippen LogP contribution in [0.15, 0.2) is 47.6 Å². The third kappa shape index (κ3) is 6.02. The van der Waals surface area contributed by atoms with Gasteiger partial charge in [-0.1, -0.05) is 35.9 Å². The van der Waals surface area contributed by atoms with Crippen LogP contribution in [0.3, 0.4) is 0 Å². The minimum atomic E-state index is 0. The standard InChI is InChI=1S/C19H23ClN4O.HI/c1-2-21-19(22-10-9-14-7-8-18(20)23-12-14)24-13-16-11-15-5-3-4-6-17(15)25-16;/h3-8,12,16H,2,9-11,13H2,1H3,(H2,21,22,24);1H. The van der Waals surface area contributed by atoms with Crippen molar-refractivity contribution in [1.82, 2.24) is 15.6 Å². The summed E-state index contributed by atoms with van der Waals surface area (Å²) in [6.07, 6.45) is 3.68. The number of rotatable bonds is 6. The van der Waals surface area contributed by atoms with Gasteiger partial charge in [0.25, 0.3) is 0 Å². The van der Waals surface area contributed by atoms with Gasteiger partial charge in [-0.05, 0) is 36.6 Å². The van der Waals surface area contributed by atoms with Gasteiger partial charge in [-0.15, -0.1) is 24.0 Å². The Hall–Kier alpha value is -1.54. The molecule has 1 aliphatic heterocycles. The molecule has 3 rings (SSSR count). The Morgan fingerprint density at radius 2 is 2.12 bits per heavy atom. The number of fused-ring (bicyclic) bond motifs is 1. The molecule has 0 amide bonds. The maximum Gasteiger partial charge on any atom is 0.191 e. The molecular weight excluding hydrogens is 463 g/mol. The van der Waals surface area contributed by atoms with Crippen LogP contribution in [-0.2, 0) is 12.8 Å². The van der Waals surface area contributed by atoms with E-state index in [1.807, 2.05) is 30.3 Å². The highest BCUT2D eigenvalue weighted by molar-refractivity contribution is 14.0. The number of pyridine rings is 1. The first-order chi connectivity index (χ1) is 12.2. The second-order valence-electron chi connectivity index (χ2n) is 5.94. The number of guanidine groups is 1. The lowest BCUT2D eigenvalue weighted by atomic mass is 10.1. The van der Waals surface area contributed by atoms with Crippen molar-refractivity contribution in [2.24, 2.45) is 4.99 Å². The van der Waals surface area contributed by atoms with Crippen LogP contribution in [0, 0.1) is 0 Å². The maximum absolute atomic E-state index is 5.94. The number of aromatic nitrogens is 1. The van der Waals surface area contributed by atoms with Crippen molar-refractivity contribution in [3.05, 3.63) is 58.9 Å². The summed E-state index contributed by atoms with van der Waals surface area (Å²) in [5, 5.41) is 7.14. The van der Waals surface area contributed by atoms with E-state index in [-0.39, 0.29) is 30.1 Å². The van der Waals surface area contributed by atoms with Crippen molar-refractivity contribution < 1.29 is 4.74 Å². The molecule has 0 spiro atoms. The van der Waals surface area contributed by atoms with Gasteiger partial charge in [0.15, 0.2) is 5.96 Å². The molecular formula is C19H24ClIN4O. The predicted octanol–water partition coefficient (Wildman–Crippen LogP) is 3.45. The number of hydrogen-bond donors (Lipinski definition) is 2. The smallest absolute Gasteiger partial charge is 0.191 e. The zero-order valence-corrected chi connectivity index (χ0v) is 17.8. The van der Waals surface area contributed by atoms with Crippen LogP contribution in [0.1, 0.15) is 18.1 Å². The number of nitrogens with zero attached hydrogens (tertiary/aromatic N) is 2. The minimum absolute atomic E-state index is 0. The summed E-state index contributed by atoms with van der Waals surface area (Å²) in [4.78, 5) is 8.75. The highest BCUT2D eigenvalue weighted by Crippen LogP contribution is 2.28. The van der Waals surface area contributed by atoms with Gasteiger partial charge in [-0.3, -0.25) is 0 Å². The zero-order chi connectivity index (χ0) is 17.5. The molecule has 0 saturated carbocycles. The normalized spacial score (nSPS) is 15.6. The van der Waals surface area contributed by atoms with E-state index in [1.54, 1.807) is 6.20 Å². The van der Waals surface area contributed by atoms with E-state index >= 15 is 0 Å². The van der Waals surface area contributed by atoms with Crippen LogP contribution < -0.4 is 15.4 Å². The van der Waals surface area contributed by atoms with E-state index in [0.717, 1.165) is 43.2 Å². The molecule has 0 saturated heterocycles. The molecule has 1 unspecified atom stereocenters. The average Bonchev–Trinajstić information content (AvgIpc) is 3.04. The van der Waals surface area contributed by atoms with E-state index in [0.29, 0.717) is 11.7 Å². The van der Waals surface area contributed by atoms with Gasteiger partial charge in [0, 0.05) is 25.7 Å². The largest absolute Gasteiger partial charge is 0.488 e. The van der Waals surface area contributed by atoms with E-state index in [4.69, 9.17) is 16.3 Å². The molecule has 2 N–H and O–H groups in total. The lowest BCUT2D eigenvalue weighted by Gasteiger charge is -2.13. The van der Waals surface area contributed by atoms with Crippen LogP contribution in [0.2, 0.25) is 5.15 Å². The van der Waals surface area contributed by atoms with Crippen molar-refractivity contribution in [3.63, 3.8) is 0 Å². The van der Waals surface area contributed by atoms with Crippen LogP contribution >= 0.6 is 35.6 Å². The first-order valence-electron chi connectivity index (χ1n) is 8.61. The Bertz CT molecular complexity index is 699. The fourth-order valence-electron chi connectivity index (χ4n) is 2.77. The molecule has 26 heavy (non-hydrogen) atoms. The van der Waals surface area contributed by atoms with Gasteiger partial charge in [0.2, 0.25) is 0 Å². The fourth-order valence-corrected chi connectivity index (χ4v) is 2.88. The molecule has 0 aliphatic carbocycles. The number of benzene rings is 1. The van der Waals surface area contributed by atoms with Crippen LogP contribution in [0.4, 0.5) is 0 Å². The van der Waals surface area contributed by atoms with E-state index in [9.17, 15) is 0 Å². The summed E-state index contributed by atoms with van der Waals surface area (Å²) in [5.41, 5.74) is 2.40. The van der Waals surface area contributed by atoms with E-state index in [1.165, 1.54) is 5.56 Å². The molecule has 2 heterocycles. The average molecular weight is 487 g/mol. The Balaban J connectivity index is 0.00000243. The zero-order valence-electron chi connectivity index (χ0n) is 14.7. The van der Waals surface area contributed by atoms with Crippen molar-refractivity contribution in [2.45, 2.75) is 25.9 Å². The first kappa shape index (κ1) is 20.8. The van der Waals surface area contributed by atoms with Gasteiger partial charge in [0.1, 0.15) is 17.0 Å². The Kier molecular flexibility index (Phi) is 8.44. The maximum atomic E-state index is 5.94. The molecule has 0 bridgehead atoms. The molecule has 1 atom stereocenters. The van der Waals surface area contributed by atoms with Crippen molar-refractivity contribution >= 4 is 41.5 Å². The number of para-hydroxylation sites is 1. The Labute approximate surface area is 176 Å². The predicted molar refractivity (Wildman–Crippen MR) is 117 cm³/mol. The van der Waals surface area contributed by atoms with Crippen LogP contribution in [0.5, 0.6) is 5.75 Å². The molecule has 0 radical (unpaired) electrons. The molecule has 1 aromatic heterocycles. The van der Waals surface area contributed by atoms with Gasteiger partial charge in [0.05, 0.1) is 6.54 Å². The highest BCUT2D eigenvalue weighted by atomic mass is 127. The summed E-state index contributed by atoms with van der Waals surface area (Å²) < 4.78 is 5.94. The van der Waals surface area contributed by atoms with E-state index in [2.05, 4.69) is 33.6 Å². The molecule has 1 aliphatic rings. The fraction of sp³-hybridized carbons (Fsp3) is 0.368. The Morgan fingerprint density at radius 1 is 1.27 bits per heavy atom. The first-order valence-corrected chi connectivity index (χ1v) is 8.99. The molecule has 1 aromatic carbocycles. The number of halogens is 2. The molecule has 2 aromatic rings. The quantitative estimate of drug-likeness (QED) is 0.284. The lowest BCUT2D eigenvalue weighted by Crippen LogP contribution is -2.39. The van der Waals surface area contributed by atoms with Crippen molar-refractivity contribution in [2.75, 3.05) is 19.6 Å². The summed E-state index contributed by atoms with van der Waals surface area (Å²) in [6.45, 7) is 4.29. The van der Waals surface area contributed by atoms with Crippen LogP contribution in [-0.4, -0.2) is 36.7 Å². The van der Waals surface area contributed by atoms with Gasteiger partial charge in [-0.2, -0.15) is 0 Å². The second-order valence-corrected chi connectivity index (χ2v) is 6.32. The second kappa shape index (κ2) is 10.6. The number of ether oxygens (including phenoxy) is 1. The van der Waals surface area contributed by atoms with Gasteiger partial charge in [-0.25, -0.2) is 9.98 Å². The topological polar surface area (TPSA) is 58.5 Å². The minimum Gasteiger partial charge on any atom is -0.488 e. The number of nitrogens with one attached hydrogen (secondary N) is 2. The summed E-state index contributed by atoms with van der Waals surface area (Å²) in [6, 6.07) is 12.0. The highest BCUT2D eigenvalue weighted by Gasteiger charge is 2.21. The summed E-state index contributed by atoms with van der Waals surface area (Å²) in [7, 11) is 0. The van der Waals surface area contributed by atoms with E-state index < -0.39 is 0 Å². The van der Waals surface area contributed by atoms with Gasteiger partial charge >= 0.3 is 0 Å². The van der Waals surface area contributed by atoms with Crippen molar-refractivity contribution in [3.8, 4) is 5.75 Å². The lowest BCUT2D eigenvalue weighted by molar-refractivity contribution is 0.241. The van der Waals surface area contributed by atoms with Crippen molar-refractivity contribution in [1.29, 1.82) is 0 Å². The molecule has 0 fully saturated rings. The molecule has 140 valence electrons. The Morgan fingerprint density at radius 3 is 2.85 bits per heavy atom. The summed E-state index contributed by atoms with van der Waals surface area (Å²) >= 11 is 5.81. The van der Waals surface area contributed by atoms with Gasteiger partial charge < -0.3 is 15.4 Å².